The van der Waals surface area contributed by atoms with Crippen molar-refractivity contribution in [2.75, 3.05) is 11.9 Å². The molecule has 0 fully saturated rings. The maximum Gasteiger partial charge on any atom is 0.289 e. The van der Waals surface area contributed by atoms with Gasteiger partial charge in [-0.25, -0.2) is 4.98 Å². The molecule has 5 rings (SSSR count). The number of furan rings is 1. The molecule has 3 heterocycles. The number of benzene rings is 2. The summed E-state index contributed by atoms with van der Waals surface area (Å²) in [6.07, 6.45) is 3.72. The van der Waals surface area contributed by atoms with Crippen LogP contribution in [0.5, 0.6) is 0 Å². The molecule has 0 unspecified atom stereocenters. The van der Waals surface area contributed by atoms with Gasteiger partial charge in [0.15, 0.2) is 5.76 Å². The second-order valence-corrected chi connectivity index (χ2v) is 7.14. The molecular formula is C23H18N4O3. The van der Waals surface area contributed by atoms with Crippen molar-refractivity contribution in [2.24, 2.45) is 0 Å². The maximum absolute atomic E-state index is 12.7. The molecule has 1 N–H and O–H groups in total. The van der Waals surface area contributed by atoms with Gasteiger partial charge in [-0.15, -0.1) is 0 Å². The molecule has 1 aliphatic rings. The van der Waals surface area contributed by atoms with Crippen molar-refractivity contribution in [1.29, 1.82) is 0 Å². The molecule has 148 valence electrons. The Bertz CT molecular complexity index is 1250. The number of hydrogen-bond acceptors (Lipinski definition) is 5. The molecule has 2 amide bonds. The molecule has 2 aromatic heterocycles. The fraction of sp³-hybridized carbons (Fsp3) is 0.130. The Balaban J connectivity index is 1.34. The highest BCUT2D eigenvalue weighted by molar-refractivity contribution is 6.03. The Labute approximate surface area is 172 Å². The fourth-order valence-electron chi connectivity index (χ4n) is 3.63. The summed E-state index contributed by atoms with van der Waals surface area (Å²) in [5.74, 6) is -0.128. The van der Waals surface area contributed by atoms with Gasteiger partial charge in [0.2, 0.25) is 0 Å². The van der Waals surface area contributed by atoms with E-state index in [0.29, 0.717) is 30.1 Å². The summed E-state index contributed by atoms with van der Waals surface area (Å²) in [6, 6.07) is 16.5. The van der Waals surface area contributed by atoms with E-state index in [-0.39, 0.29) is 17.5 Å². The largest absolute Gasteiger partial charge is 0.459 e. The number of nitrogens with one attached hydrogen (secondary N) is 1. The normalized spacial score (nSPS) is 13.1. The minimum Gasteiger partial charge on any atom is -0.459 e. The minimum atomic E-state index is -0.326. The van der Waals surface area contributed by atoms with E-state index in [4.69, 9.17) is 4.42 Å². The van der Waals surface area contributed by atoms with E-state index in [9.17, 15) is 9.59 Å². The van der Waals surface area contributed by atoms with Gasteiger partial charge in [0.05, 0.1) is 23.5 Å². The van der Waals surface area contributed by atoms with E-state index in [0.717, 1.165) is 17.5 Å². The Morgan fingerprint density at radius 1 is 1.00 bits per heavy atom. The van der Waals surface area contributed by atoms with Crippen molar-refractivity contribution < 1.29 is 14.0 Å². The maximum atomic E-state index is 12.7. The number of hydrogen-bond donors (Lipinski definition) is 1. The average Bonchev–Trinajstić information content (AvgIpc) is 3.32. The Morgan fingerprint density at radius 3 is 2.70 bits per heavy atom. The van der Waals surface area contributed by atoms with Crippen molar-refractivity contribution in [3.63, 3.8) is 0 Å². The molecule has 7 heteroatoms. The van der Waals surface area contributed by atoms with E-state index in [1.807, 2.05) is 42.5 Å². The SMILES string of the molecule is O=C(Nc1ccc2c(c1)CN(C(=O)c1ccco1)CC2)c1cnc2ccccc2n1. The second kappa shape index (κ2) is 7.44. The Hall–Kier alpha value is -4.00. The molecule has 0 saturated carbocycles. The van der Waals surface area contributed by atoms with Crippen LogP contribution in [0.2, 0.25) is 0 Å². The van der Waals surface area contributed by atoms with Crippen LogP contribution in [0.1, 0.15) is 32.2 Å². The second-order valence-electron chi connectivity index (χ2n) is 7.14. The first-order chi connectivity index (χ1) is 14.7. The number of nitrogens with zero attached hydrogens (tertiary/aromatic N) is 3. The summed E-state index contributed by atoms with van der Waals surface area (Å²) in [6.45, 7) is 1.10. The molecular weight excluding hydrogens is 380 g/mol. The monoisotopic (exact) mass is 398 g/mol. The Kier molecular flexibility index (Phi) is 4.48. The number of fused-ring (bicyclic) bond motifs is 2. The van der Waals surface area contributed by atoms with E-state index in [1.165, 1.54) is 18.0 Å². The predicted octanol–water partition coefficient (Wildman–Crippen LogP) is 3.67. The van der Waals surface area contributed by atoms with Crippen LogP contribution in [0, 0.1) is 0 Å². The molecule has 2 aromatic carbocycles. The molecule has 0 spiro atoms. The van der Waals surface area contributed by atoms with Gasteiger partial charge in [-0.1, -0.05) is 18.2 Å². The zero-order valence-corrected chi connectivity index (χ0v) is 16.0. The summed E-state index contributed by atoms with van der Waals surface area (Å²) in [5.41, 5.74) is 4.49. The zero-order valence-electron chi connectivity index (χ0n) is 16.0. The minimum absolute atomic E-state index is 0.133. The topological polar surface area (TPSA) is 88.3 Å². The summed E-state index contributed by atoms with van der Waals surface area (Å²) in [7, 11) is 0. The Morgan fingerprint density at radius 2 is 1.87 bits per heavy atom. The van der Waals surface area contributed by atoms with Crippen LogP contribution in [-0.2, 0) is 13.0 Å². The quantitative estimate of drug-likeness (QED) is 0.569. The fourth-order valence-corrected chi connectivity index (χ4v) is 3.63. The highest BCUT2D eigenvalue weighted by Crippen LogP contribution is 2.24. The molecule has 0 aliphatic carbocycles. The molecule has 7 nitrogen and oxygen atoms in total. The van der Waals surface area contributed by atoms with Gasteiger partial charge < -0.3 is 14.6 Å². The number of amides is 2. The van der Waals surface area contributed by atoms with Gasteiger partial charge in [-0.05, 0) is 53.9 Å². The van der Waals surface area contributed by atoms with Gasteiger partial charge in [-0.3, -0.25) is 14.6 Å². The molecule has 0 atom stereocenters. The van der Waals surface area contributed by atoms with Crippen molar-refractivity contribution in [1.82, 2.24) is 14.9 Å². The first-order valence-corrected chi connectivity index (χ1v) is 9.65. The standard InChI is InChI=1S/C23H18N4O3/c28-22(20-13-24-18-4-1-2-5-19(18)26-20)25-17-8-7-15-9-10-27(14-16(15)12-17)23(29)21-6-3-11-30-21/h1-8,11-13H,9-10,14H2,(H,25,28). The van der Waals surface area contributed by atoms with E-state index in [1.54, 1.807) is 17.0 Å². The number of aromatic nitrogens is 2. The molecule has 0 radical (unpaired) electrons. The van der Waals surface area contributed by atoms with Gasteiger partial charge in [-0.2, -0.15) is 0 Å². The van der Waals surface area contributed by atoms with E-state index < -0.39 is 0 Å². The van der Waals surface area contributed by atoms with E-state index in [2.05, 4.69) is 15.3 Å². The summed E-state index contributed by atoms with van der Waals surface area (Å²) in [5, 5.41) is 2.88. The predicted molar refractivity (Wildman–Crippen MR) is 111 cm³/mol. The third-order valence-electron chi connectivity index (χ3n) is 5.18. The number of carbonyl (C=O) groups excluding carboxylic acids is 2. The summed E-state index contributed by atoms with van der Waals surface area (Å²) < 4.78 is 5.23. The van der Waals surface area contributed by atoms with Gasteiger partial charge in [0.1, 0.15) is 5.69 Å². The van der Waals surface area contributed by atoms with Crippen LogP contribution in [-0.4, -0.2) is 33.2 Å². The van der Waals surface area contributed by atoms with Crippen molar-refractivity contribution in [3.05, 3.63) is 89.6 Å². The number of para-hydroxylation sites is 2. The van der Waals surface area contributed by atoms with Crippen molar-refractivity contribution >= 4 is 28.5 Å². The van der Waals surface area contributed by atoms with Crippen LogP contribution < -0.4 is 5.32 Å². The summed E-state index contributed by atoms with van der Waals surface area (Å²) in [4.78, 5) is 35.7. The highest BCUT2D eigenvalue weighted by Gasteiger charge is 2.23. The lowest BCUT2D eigenvalue weighted by Gasteiger charge is -2.28. The van der Waals surface area contributed by atoms with Crippen LogP contribution in [0.25, 0.3) is 11.0 Å². The number of rotatable bonds is 3. The zero-order chi connectivity index (χ0) is 20.5. The van der Waals surface area contributed by atoms with Crippen LogP contribution in [0.15, 0.2) is 71.5 Å². The molecule has 30 heavy (non-hydrogen) atoms. The number of carbonyl (C=O) groups is 2. The smallest absolute Gasteiger partial charge is 0.289 e. The van der Waals surface area contributed by atoms with Crippen LogP contribution in [0.3, 0.4) is 0 Å². The first kappa shape index (κ1) is 18.1. The van der Waals surface area contributed by atoms with Crippen LogP contribution in [0.4, 0.5) is 5.69 Å². The average molecular weight is 398 g/mol. The highest BCUT2D eigenvalue weighted by atomic mass is 16.3. The molecule has 4 aromatic rings. The lowest BCUT2D eigenvalue weighted by Crippen LogP contribution is -2.35. The van der Waals surface area contributed by atoms with Crippen molar-refractivity contribution in [3.8, 4) is 0 Å². The lowest BCUT2D eigenvalue weighted by molar-refractivity contribution is 0.0702. The van der Waals surface area contributed by atoms with Gasteiger partial charge in [0, 0.05) is 18.8 Å². The third-order valence-corrected chi connectivity index (χ3v) is 5.18. The first-order valence-electron chi connectivity index (χ1n) is 9.65. The lowest BCUT2D eigenvalue weighted by atomic mass is 9.98. The van der Waals surface area contributed by atoms with Gasteiger partial charge in [0.25, 0.3) is 11.8 Å². The third kappa shape index (κ3) is 3.41. The van der Waals surface area contributed by atoms with Crippen LogP contribution >= 0.6 is 0 Å². The molecule has 0 bridgehead atoms. The number of anilines is 1. The van der Waals surface area contributed by atoms with Gasteiger partial charge >= 0.3 is 0 Å². The van der Waals surface area contributed by atoms with E-state index >= 15 is 0 Å². The summed E-state index contributed by atoms with van der Waals surface area (Å²) >= 11 is 0. The molecule has 1 aliphatic heterocycles. The molecule has 0 saturated heterocycles. The van der Waals surface area contributed by atoms with Crippen molar-refractivity contribution in [2.45, 2.75) is 13.0 Å².